The fourth-order valence-corrected chi connectivity index (χ4v) is 4.54. The van der Waals surface area contributed by atoms with E-state index in [9.17, 15) is 15.3 Å². The van der Waals surface area contributed by atoms with E-state index in [1.54, 1.807) is 20.1 Å². The fourth-order valence-electron chi connectivity index (χ4n) is 4.54. The molecule has 0 heterocycles. The molecule has 2 N–H and O–H groups in total. The molecule has 6 heteroatoms. The van der Waals surface area contributed by atoms with Gasteiger partial charge in [0.2, 0.25) is 0 Å². The summed E-state index contributed by atoms with van der Waals surface area (Å²) in [7, 11) is 1.55. The lowest BCUT2D eigenvalue weighted by molar-refractivity contribution is -0.151. The van der Waals surface area contributed by atoms with Gasteiger partial charge >= 0.3 is 5.97 Å². The van der Waals surface area contributed by atoms with Gasteiger partial charge in [0.15, 0.2) is 5.41 Å². The largest absolute Gasteiger partial charge is 0.496 e. The fraction of sp³-hybridized carbons (Fsp3) is 0.409. The number of allylic oxidation sites excluding steroid dienone is 2. The minimum atomic E-state index is -1.82. The first-order chi connectivity index (χ1) is 13.6. The van der Waals surface area contributed by atoms with E-state index in [2.05, 4.69) is 12.1 Å². The quantitative estimate of drug-likeness (QED) is 0.806. The first kappa shape index (κ1) is 19.5. The van der Waals surface area contributed by atoms with Crippen molar-refractivity contribution in [3.05, 3.63) is 52.7 Å². The third-order valence-electron chi connectivity index (χ3n) is 5.69. The lowest BCUT2D eigenvalue weighted by Crippen LogP contribution is -2.48. The molecule has 3 rings (SSSR count). The van der Waals surface area contributed by atoms with Gasteiger partial charge < -0.3 is 15.2 Å². The Labute approximate surface area is 164 Å². The van der Waals surface area contributed by atoms with Gasteiger partial charge in [-0.25, -0.2) is 4.79 Å². The van der Waals surface area contributed by atoms with Crippen molar-refractivity contribution in [2.45, 2.75) is 32.1 Å². The molecule has 0 aliphatic heterocycles. The Hall–Kier alpha value is -3.25. The van der Waals surface area contributed by atoms with E-state index in [0.29, 0.717) is 11.3 Å². The van der Waals surface area contributed by atoms with Crippen molar-refractivity contribution in [1.29, 1.82) is 10.5 Å². The van der Waals surface area contributed by atoms with Crippen LogP contribution in [0.1, 0.15) is 37.7 Å². The van der Waals surface area contributed by atoms with Crippen LogP contribution in [0, 0.1) is 34.0 Å². The van der Waals surface area contributed by atoms with Crippen LogP contribution in [0.3, 0.4) is 0 Å². The van der Waals surface area contributed by atoms with Crippen molar-refractivity contribution in [3.63, 3.8) is 0 Å². The summed E-state index contributed by atoms with van der Waals surface area (Å²) in [5, 5.41) is 20.2. The molecule has 0 aromatic heterocycles. The van der Waals surface area contributed by atoms with Gasteiger partial charge in [-0.3, -0.25) is 0 Å². The minimum Gasteiger partial charge on any atom is -0.496 e. The standard InChI is InChI=1S/C22H23N3O3/c1-3-28-21(26)22(13-24)17(12-23)20(25)15-9-5-4-8-14(15)19(22)16-10-6-7-11-18(16)27-2/h6-7,9-11,14,19H,3-5,8,25H2,1-2H3/t14-,19-,22?/m1/s1. The highest BCUT2D eigenvalue weighted by Gasteiger charge is 2.59. The van der Waals surface area contributed by atoms with Gasteiger partial charge in [0.05, 0.1) is 37.1 Å². The van der Waals surface area contributed by atoms with Crippen LogP contribution in [-0.4, -0.2) is 19.7 Å². The number of carbonyl (C=O) groups is 1. The zero-order chi connectivity index (χ0) is 20.3. The zero-order valence-electron chi connectivity index (χ0n) is 16.1. The number of rotatable bonds is 4. The van der Waals surface area contributed by atoms with E-state index in [0.717, 1.165) is 24.8 Å². The van der Waals surface area contributed by atoms with Crippen LogP contribution in [0.5, 0.6) is 5.75 Å². The predicted octanol–water partition coefficient (Wildman–Crippen LogP) is 3.33. The maximum atomic E-state index is 13.2. The summed E-state index contributed by atoms with van der Waals surface area (Å²) in [6, 6.07) is 11.5. The molecule has 1 aromatic rings. The highest BCUT2D eigenvalue weighted by atomic mass is 16.5. The van der Waals surface area contributed by atoms with Crippen LogP contribution < -0.4 is 10.5 Å². The third-order valence-corrected chi connectivity index (χ3v) is 5.69. The Bertz CT molecular complexity index is 935. The maximum Gasteiger partial charge on any atom is 0.332 e. The number of fused-ring (bicyclic) bond motifs is 1. The molecule has 0 saturated heterocycles. The minimum absolute atomic E-state index is 0.0336. The second-order valence-electron chi connectivity index (χ2n) is 6.96. The molecule has 0 bridgehead atoms. The molecule has 0 spiro atoms. The van der Waals surface area contributed by atoms with Gasteiger partial charge in [-0.1, -0.05) is 24.3 Å². The van der Waals surface area contributed by atoms with Gasteiger partial charge in [0, 0.05) is 11.5 Å². The first-order valence-corrected chi connectivity index (χ1v) is 9.38. The van der Waals surface area contributed by atoms with Gasteiger partial charge in [-0.05, 0) is 43.7 Å². The average molecular weight is 377 g/mol. The van der Waals surface area contributed by atoms with Crippen LogP contribution in [0.2, 0.25) is 0 Å². The number of methoxy groups -OCH3 is 1. The van der Waals surface area contributed by atoms with Gasteiger partial charge in [-0.15, -0.1) is 0 Å². The average Bonchev–Trinajstić information content (AvgIpc) is 2.73. The van der Waals surface area contributed by atoms with Crippen molar-refractivity contribution >= 4 is 5.97 Å². The Kier molecular flexibility index (Phi) is 5.42. The normalized spacial score (nSPS) is 26.4. The molecule has 0 fully saturated rings. The van der Waals surface area contributed by atoms with E-state index in [-0.39, 0.29) is 23.8 Å². The van der Waals surface area contributed by atoms with E-state index in [4.69, 9.17) is 15.2 Å². The van der Waals surface area contributed by atoms with E-state index in [1.165, 1.54) is 0 Å². The Morgan fingerprint density at radius 1 is 1.36 bits per heavy atom. The van der Waals surface area contributed by atoms with E-state index < -0.39 is 17.3 Å². The zero-order valence-corrected chi connectivity index (χ0v) is 16.1. The molecule has 28 heavy (non-hydrogen) atoms. The summed E-state index contributed by atoms with van der Waals surface area (Å²) in [6.07, 6.45) is 4.55. The molecular formula is C22H23N3O3. The second-order valence-corrected chi connectivity index (χ2v) is 6.96. The predicted molar refractivity (Wildman–Crippen MR) is 103 cm³/mol. The number of esters is 1. The Morgan fingerprint density at radius 3 is 2.75 bits per heavy atom. The third kappa shape index (κ3) is 2.73. The van der Waals surface area contributed by atoms with E-state index >= 15 is 0 Å². The number of carbonyl (C=O) groups excluding carboxylic acids is 1. The number of hydrogen-bond acceptors (Lipinski definition) is 6. The van der Waals surface area contributed by atoms with Crippen molar-refractivity contribution in [1.82, 2.24) is 0 Å². The van der Waals surface area contributed by atoms with Crippen molar-refractivity contribution in [2.24, 2.45) is 17.1 Å². The number of nitriles is 2. The molecule has 144 valence electrons. The molecule has 0 radical (unpaired) electrons. The van der Waals surface area contributed by atoms with Crippen LogP contribution in [-0.2, 0) is 9.53 Å². The van der Waals surface area contributed by atoms with Crippen LogP contribution in [0.4, 0.5) is 0 Å². The van der Waals surface area contributed by atoms with Crippen molar-refractivity contribution in [3.8, 4) is 17.9 Å². The highest BCUT2D eigenvalue weighted by molar-refractivity contribution is 5.89. The van der Waals surface area contributed by atoms with Crippen LogP contribution in [0.15, 0.2) is 47.2 Å². The Morgan fingerprint density at radius 2 is 2.11 bits per heavy atom. The number of hydrogen-bond donors (Lipinski definition) is 1. The second kappa shape index (κ2) is 7.78. The lowest BCUT2D eigenvalue weighted by atomic mass is 9.55. The van der Waals surface area contributed by atoms with Gasteiger partial charge in [-0.2, -0.15) is 10.5 Å². The highest BCUT2D eigenvalue weighted by Crippen LogP contribution is 2.58. The number of ether oxygens (including phenoxy) is 2. The SMILES string of the molecule is CCOC(=O)C1(C#N)C(C#N)=C(N)C2=CCCC[C@H]2[C@@H]1c1ccccc1OC. The number of nitrogens with zero attached hydrogens (tertiary/aromatic N) is 2. The summed E-state index contributed by atoms with van der Waals surface area (Å²) >= 11 is 0. The molecule has 1 aromatic carbocycles. The summed E-state index contributed by atoms with van der Waals surface area (Å²) in [6.45, 7) is 1.78. The topological polar surface area (TPSA) is 109 Å². The monoisotopic (exact) mass is 377 g/mol. The Balaban J connectivity index is 2.39. The van der Waals surface area contributed by atoms with Gasteiger partial charge in [0.1, 0.15) is 5.75 Å². The molecule has 2 aliphatic rings. The first-order valence-electron chi connectivity index (χ1n) is 9.38. The molecule has 1 unspecified atom stereocenters. The number of para-hydroxylation sites is 1. The van der Waals surface area contributed by atoms with Crippen molar-refractivity contribution < 1.29 is 14.3 Å². The molecule has 2 aliphatic carbocycles. The molecule has 3 atom stereocenters. The molecule has 0 amide bonds. The maximum absolute atomic E-state index is 13.2. The van der Waals surface area contributed by atoms with E-state index in [1.807, 2.05) is 24.3 Å². The number of nitrogens with two attached hydrogens (primary N) is 1. The molecule has 6 nitrogen and oxygen atoms in total. The molecular weight excluding hydrogens is 354 g/mol. The summed E-state index contributed by atoms with van der Waals surface area (Å²) < 4.78 is 10.8. The number of benzene rings is 1. The summed E-state index contributed by atoms with van der Waals surface area (Å²) in [4.78, 5) is 13.2. The lowest BCUT2D eigenvalue weighted by Gasteiger charge is -2.45. The van der Waals surface area contributed by atoms with Crippen LogP contribution >= 0.6 is 0 Å². The van der Waals surface area contributed by atoms with Crippen LogP contribution in [0.25, 0.3) is 0 Å². The van der Waals surface area contributed by atoms with Gasteiger partial charge in [0.25, 0.3) is 0 Å². The molecule has 0 saturated carbocycles. The summed E-state index contributed by atoms with van der Waals surface area (Å²) in [5.41, 5.74) is 6.27. The van der Waals surface area contributed by atoms with Crippen molar-refractivity contribution in [2.75, 3.05) is 13.7 Å². The smallest absolute Gasteiger partial charge is 0.332 e. The summed E-state index contributed by atoms with van der Waals surface area (Å²) in [5.74, 6) is -0.968.